The smallest absolute Gasteiger partial charge is 0.0515 e. The molecule has 0 N–H and O–H groups in total. The average Bonchev–Trinajstić information content (AvgIpc) is 2.97. The van der Waals surface area contributed by atoms with Crippen LogP contribution in [0.4, 0.5) is 0 Å². The Morgan fingerprint density at radius 2 is 1.81 bits per heavy atom. The molecule has 1 aromatic heterocycles. The van der Waals surface area contributed by atoms with Gasteiger partial charge in [0.1, 0.15) is 0 Å². The van der Waals surface area contributed by atoms with E-state index in [-0.39, 0.29) is 0 Å². The average molecular weight is 275 g/mol. The third kappa shape index (κ3) is 2.37. The van der Waals surface area contributed by atoms with Crippen LogP contribution in [0.1, 0.15) is 29.5 Å². The van der Waals surface area contributed by atoms with Gasteiger partial charge in [0.2, 0.25) is 0 Å². The molecule has 1 nitrogen and oxygen atoms in total. The van der Waals surface area contributed by atoms with Crippen molar-refractivity contribution in [2.45, 2.75) is 38.6 Å². The van der Waals surface area contributed by atoms with Gasteiger partial charge in [0.05, 0.1) is 5.52 Å². The lowest BCUT2D eigenvalue weighted by Gasteiger charge is -2.17. The molecule has 0 unspecified atom stereocenters. The highest BCUT2D eigenvalue weighted by atomic mass is 15.0. The fourth-order valence-electron chi connectivity index (χ4n) is 3.63. The van der Waals surface area contributed by atoms with E-state index in [9.17, 15) is 0 Å². The molecule has 0 saturated carbocycles. The molecular weight excluding hydrogens is 254 g/mol. The molecule has 0 radical (unpaired) electrons. The van der Waals surface area contributed by atoms with Gasteiger partial charge >= 0.3 is 0 Å². The number of rotatable bonds is 4. The lowest BCUT2D eigenvalue weighted by atomic mass is 9.96. The van der Waals surface area contributed by atoms with E-state index in [1.165, 1.54) is 66.2 Å². The summed E-state index contributed by atoms with van der Waals surface area (Å²) in [6.45, 7) is 1.18. The summed E-state index contributed by atoms with van der Waals surface area (Å²) in [6, 6.07) is 17.9. The largest absolute Gasteiger partial charge is 0.347 e. The molecule has 1 heteroatoms. The predicted molar refractivity (Wildman–Crippen MR) is 88.7 cm³/mol. The summed E-state index contributed by atoms with van der Waals surface area (Å²) >= 11 is 0. The van der Waals surface area contributed by atoms with Crippen molar-refractivity contribution in [3.05, 3.63) is 71.4 Å². The van der Waals surface area contributed by atoms with Gasteiger partial charge in [0.15, 0.2) is 0 Å². The number of benzene rings is 2. The van der Waals surface area contributed by atoms with E-state index in [0.29, 0.717) is 0 Å². The molecular formula is C20H21N. The number of nitrogens with zero attached hydrogens (tertiary/aromatic N) is 1. The molecule has 0 saturated heterocycles. The van der Waals surface area contributed by atoms with Gasteiger partial charge in [-0.25, -0.2) is 0 Å². The molecule has 4 rings (SSSR count). The zero-order chi connectivity index (χ0) is 14.1. The highest BCUT2D eigenvalue weighted by molar-refractivity contribution is 5.87. The van der Waals surface area contributed by atoms with Crippen LogP contribution >= 0.6 is 0 Å². The van der Waals surface area contributed by atoms with E-state index in [1.54, 1.807) is 0 Å². The Bertz CT molecular complexity index is 752. The number of hydrogen-bond acceptors (Lipinski definition) is 0. The molecule has 1 aliphatic rings. The molecule has 0 atom stereocenters. The van der Waals surface area contributed by atoms with Crippen LogP contribution in [0.2, 0.25) is 0 Å². The lowest BCUT2D eigenvalue weighted by Crippen LogP contribution is -2.06. The zero-order valence-electron chi connectivity index (χ0n) is 12.4. The second kappa shape index (κ2) is 5.40. The standard InChI is InChI=1S/C20H21N/c1-2-6-16(7-3-1)8-4-9-17-11-12-18-10-5-14-21-15-13-19(17)20(18)21/h1-3,6-7,11-13,15H,4-5,8-10,14H2. The first-order valence-corrected chi connectivity index (χ1v) is 8.05. The normalized spacial score (nSPS) is 13.7. The topological polar surface area (TPSA) is 4.93 Å². The molecule has 0 aliphatic carbocycles. The van der Waals surface area contributed by atoms with Crippen LogP contribution in [0.5, 0.6) is 0 Å². The minimum absolute atomic E-state index is 1.17. The third-order valence-corrected chi connectivity index (χ3v) is 4.70. The zero-order valence-corrected chi connectivity index (χ0v) is 12.4. The number of aromatic nitrogens is 1. The number of aryl methyl sites for hydroxylation is 4. The van der Waals surface area contributed by atoms with Crippen molar-refractivity contribution in [1.82, 2.24) is 4.57 Å². The third-order valence-electron chi connectivity index (χ3n) is 4.70. The van der Waals surface area contributed by atoms with Crippen molar-refractivity contribution in [3.63, 3.8) is 0 Å². The first kappa shape index (κ1) is 12.7. The summed E-state index contributed by atoms with van der Waals surface area (Å²) in [5.74, 6) is 0. The first-order valence-electron chi connectivity index (χ1n) is 8.05. The summed E-state index contributed by atoms with van der Waals surface area (Å²) in [5.41, 5.74) is 6.00. The van der Waals surface area contributed by atoms with Gasteiger partial charge in [-0.15, -0.1) is 0 Å². The van der Waals surface area contributed by atoms with Crippen molar-refractivity contribution in [2.24, 2.45) is 0 Å². The van der Waals surface area contributed by atoms with E-state index in [4.69, 9.17) is 0 Å². The van der Waals surface area contributed by atoms with E-state index >= 15 is 0 Å². The van der Waals surface area contributed by atoms with Crippen molar-refractivity contribution in [3.8, 4) is 0 Å². The molecule has 1 aliphatic heterocycles. The Hall–Kier alpha value is -2.02. The van der Waals surface area contributed by atoms with Crippen molar-refractivity contribution in [1.29, 1.82) is 0 Å². The summed E-state index contributed by atoms with van der Waals surface area (Å²) in [7, 11) is 0. The first-order chi connectivity index (χ1) is 10.4. The van der Waals surface area contributed by atoms with Gasteiger partial charge in [-0.2, -0.15) is 0 Å². The van der Waals surface area contributed by atoms with Crippen LogP contribution in [0.25, 0.3) is 10.9 Å². The van der Waals surface area contributed by atoms with Crippen molar-refractivity contribution >= 4 is 10.9 Å². The van der Waals surface area contributed by atoms with Crippen LogP contribution in [-0.4, -0.2) is 4.57 Å². The molecule has 0 amide bonds. The molecule has 0 bridgehead atoms. The Balaban J connectivity index is 1.55. The van der Waals surface area contributed by atoms with Gasteiger partial charge in [-0.1, -0.05) is 42.5 Å². The van der Waals surface area contributed by atoms with Gasteiger partial charge in [-0.3, -0.25) is 0 Å². The van der Waals surface area contributed by atoms with Gasteiger partial charge in [0.25, 0.3) is 0 Å². The monoisotopic (exact) mass is 275 g/mol. The lowest BCUT2D eigenvalue weighted by molar-refractivity contribution is 0.635. The molecule has 3 aromatic rings. The quantitative estimate of drug-likeness (QED) is 0.647. The summed E-state index contributed by atoms with van der Waals surface area (Å²) in [6.07, 6.45) is 8.37. The summed E-state index contributed by atoms with van der Waals surface area (Å²) in [4.78, 5) is 0. The van der Waals surface area contributed by atoms with Crippen LogP contribution in [0, 0.1) is 0 Å². The SMILES string of the molecule is c1ccc(CCCc2ccc3c4c2ccn4CCC3)cc1. The maximum atomic E-state index is 2.44. The fourth-order valence-corrected chi connectivity index (χ4v) is 3.63. The Kier molecular flexibility index (Phi) is 3.27. The van der Waals surface area contributed by atoms with E-state index < -0.39 is 0 Å². The van der Waals surface area contributed by atoms with Gasteiger partial charge in [-0.05, 0) is 54.9 Å². The van der Waals surface area contributed by atoms with Crippen molar-refractivity contribution < 1.29 is 0 Å². The molecule has 2 aromatic carbocycles. The highest BCUT2D eigenvalue weighted by Gasteiger charge is 2.14. The second-order valence-electron chi connectivity index (χ2n) is 6.10. The fraction of sp³-hybridized carbons (Fsp3) is 0.300. The molecule has 2 heterocycles. The van der Waals surface area contributed by atoms with E-state index in [2.05, 4.69) is 59.3 Å². The van der Waals surface area contributed by atoms with E-state index in [1.807, 2.05) is 0 Å². The predicted octanol–water partition coefficient (Wildman–Crippen LogP) is 4.76. The maximum Gasteiger partial charge on any atom is 0.0515 e. The van der Waals surface area contributed by atoms with E-state index in [0.717, 1.165) is 0 Å². The van der Waals surface area contributed by atoms with Gasteiger partial charge in [0, 0.05) is 18.1 Å². The second-order valence-corrected chi connectivity index (χ2v) is 6.10. The molecule has 106 valence electrons. The maximum absolute atomic E-state index is 2.44. The minimum atomic E-state index is 1.17. The Morgan fingerprint density at radius 3 is 2.71 bits per heavy atom. The summed E-state index contributed by atoms with van der Waals surface area (Å²) < 4.78 is 2.44. The van der Waals surface area contributed by atoms with Crippen LogP contribution in [-0.2, 0) is 25.8 Å². The Labute approximate surface area is 126 Å². The number of hydrogen-bond donors (Lipinski definition) is 0. The van der Waals surface area contributed by atoms with Crippen LogP contribution in [0.15, 0.2) is 54.7 Å². The van der Waals surface area contributed by atoms with Crippen LogP contribution in [0.3, 0.4) is 0 Å². The minimum Gasteiger partial charge on any atom is -0.347 e. The van der Waals surface area contributed by atoms with Crippen LogP contribution < -0.4 is 0 Å². The molecule has 21 heavy (non-hydrogen) atoms. The summed E-state index contributed by atoms with van der Waals surface area (Å²) in [5, 5.41) is 1.49. The Morgan fingerprint density at radius 1 is 0.905 bits per heavy atom. The molecule has 0 fully saturated rings. The van der Waals surface area contributed by atoms with Crippen molar-refractivity contribution in [2.75, 3.05) is 0 Å². The molecule has 0 spiro atoms. The highest BCUT2D eigenvalue weighted by Crippen LogP contribution is 2.29. The van der Waals surface area contributed by atoms with Gasteiger partial charge < -0.3 is 4.57 Å².